The predicted molar refractivity (Wildman–Crippen MR) is 83.2 cm³/mol. The van der Waals surface area contributed by atoms with Crippen LogP contribution in [0.15, 0.2) is 30.3 Å². The lowest BCUT2D eigenvalue weighted by Gasteiger charge is -2.18. The van der Waals surface area contributed by atoms with Crippen molar-refractivity contribution >= 4 is 0 Å². The van der Waals surface area contributed by atoms with Crippen LogP contribution in [0.1, 0.15) is 20.3 Å². The van der Waals surface area contributed by atoms with Crippen LogP contribution in [-0.2, 0) is 0 Å². The number of nitrogens with zero attached hydrogens (tertiary/aromatic N) is 1. The Morgan fingerprint density at radius 1 is 1.20 bits per heavy atom. The van der Waals surface area contributed by atoms with Gasteiger partial charge in [-0.1, -0.05) is 32.0 Å². The first kappa shape index (κ1) is 17.0. The molecule has 1 rings (SSSR count). The highest BCUT2D eigenvalue weighted by atomic mass is 16.5. The Kier molecular flexibility index (Phi) is 9.04. The fourth-order valence-corrected chi connectivity index (χ4v) is 2.00. The summed E-state index contributed by atoms with van der Waals surface area (Å²) in [6, 6.07) is 9.58. The number of para-hydroxylation sites is 1. The number of benzene rings is 1. The molecule has 0 amide bonds. The van der Waals surface area contributed by atoms with E-state index in [-0.39, 0.29) is 0 Å². The van der Waals surface area contributed by atoms with Crippen molar-refractivity contribution in [3.05, 3.63) is 30.3 Å². The van der Waals surface area contributed by atoms with E-state index in [4.69, 9.17) is 4.74 Å². The van der Waals surface area contributed by atoms with Gasteiger partial charge in [0.15, 0.2) is 0 Å². The van der Waals surface area contributed by atoms with Crippen LogP contribution >= 0.6 is 0 Å². The van der Waals surface area contributed by atoms with Gasteiger partial charge in [-0.15, -0.1) is 0 Å². The Labute approximate surface area is 122 Å². The number of hydrogen-bond donors (Lipinski definition) is 2. The maximum absolute atomic E-state index is 9.81. The zero-order valence-electron chi connectivity index (χ0n) is 12.7. The number of hydrogen-bond acceptors (Lipinski definition) is 4. The van der Waals surface area contributed by atoms with E-state index in [1.165, 1.54) is 0 Å². The Balaban J connectivity index is 2.01. The van der Waals surface area contributed by atoms with Crippen LogP contribution in [0.5, 0.6) is 5.75 Å². The largest absolute Gasteiger partial charge is 0.491 e. The first-order chi connectivity index (χ1) is 9.76. The fraction of sp³-hybridized carbons (Fsp3) is 0.625. The molecule has 20 heavy (non-hydrogen) atoms. The second kappa shape index (κ2) is 10.7. The highest BCUT2D eigenvalue weighted by Gasteiger charge is 2.05. The zero-order valence-corrected chi connectivity index (χ0v) is 12.7. The molecule has 0 bridgehead atoms. The molecule has 0 fully saturated rings. The second-order valence-electron chi connectivity index (χ2n) is 4.86. The van der Waals surface area contributed by atoms with Crippen molar-refractivity contribution in [2.75, 3.05) is 39.3 Å². The third kappa shape index (κ3) is 7.48. The van der Waals surface area contributed by atoms with Gasteiger partial charge in [0.05, 0.1) is 0 Å². The Bertz CT molecular complexity index is 329. The van der Waals surface area contributed by atoms with E-state index in [0.29, 0.717) is 13.2 Å². The molecule has 0 aromatic heterocycles. The summed E-state index contributed by atoms with van der Waals surface area (Å²) in [5, 5.41) is 13.1. The van der Waals surface area contributed by atoms with Crippen LogP contribution in [0.25, 0.3) is 0 Å². The maximum atomic E-state index is 9.81. The van der Waals surface area contributed by atoms with Gasteiger partial charge in [-0.05, 0) is 44.7 Å². The van der Waals surface area contributed by atoms with Crippen molar-refractivity contribution in [2.45, 2.75) is 26.4 Å². The van der Waals surface area contributed by atoms with Crippen LogP contribution in [0, 0.1) is 0 Å². The maximum Gasteiger partial charge on any atom is 0.119 e. The third-order valence-electron chi connectivity index (χ3n) is 3.29. The topological polar surface area (TPSA) is 44.7 Å². The van der Waals surface area contributed by atoms with E-state index in [9.17, 15) is 5.11 Å². The summed E-state index contributed by atoms with van der Waals surface area (Å²) in [6.45, 7) is 9.50. The third-order valence-corrected chi connectivity index (χ3v) is 3.29. The molecule has 0 aliphatic heterocycles. The van der Waals surface area contributed by atoms with Crippen LogP contribution in [0.3, 0.4) is 0 Å². The average Bonchev–Trinajstić information content (AvgIpc) is 2.50. The first-order valence-corrected chi connectivity index (χ1v) is 7.55. The van der Waals surface area contributed by atoms with Gasteiger partial charge in [0.25, 0.3) is 0 Å². The summed E-state index contributed by atoms with van der Waals surface area (Å²) in [4.78, 5) is 2.40. The number of aliphatic hydroxyl groups excluding tert-OH is 1. The van der Waals surface area contributed by atoms with Gasteiger partial charge >= 0.3 is 0 Å². The molecule has 0 saturated carbocycles. The van der Waals surface area contributed by atoms with E-state index in [2.05, 4.69) is 24.1 Å². The summed E-state index contributed by atoms with van der Waals surface area (Å²) in [7, 11) is 0. The van der Waals surface area contributed by atoms with Crippen molar-refractivity contribution in [3.8, 4) is 5.75 Å². The quantitative estimate of drug-likeness (QED) is 0.606. The monoisotopic (exact) mass is 280 g/mol. The normalized spacial score (nSPS) is 12.6. The van der Waals surface area contributed by atoms with Gasteiger partial charge < -0.3 is 20.1 Å². The summed E-state index contributed by atoms with van der Waals surface area (Å²) < 4.78 is 5.50. The number of ether oxygens (including phenoxy) is 1. The smallest absolute Gasteiger partial charge is 0.119 e. The van der Waals surface area contributed by atoms with Crippen molar-refractivity contribution in [3.63, 3.8) is 0 Å². The van der Waals surface area contributed by atoms with Gasteiger partial charge in [0, 0.05) is 6.54 Å². The number of rotatable bonds is 11. The molecule has 0 aliphatic carbocycles. The first-order valence-electron chi connectivity index (χ1n) is 7.55. The lowest BCUT2D eigenvalue weighted by atomic mass is 10.3. The molecular weight excluding hydrogens is 252 g/mol. The van der Waals surface area contributed by atoms with Crippen molar-refractivity contribution < 1.29 is 9.84 Å². The molecule has 0 radical (unpaired) electrons. The summed E-state index contributed by atoms with van der Waals surface area (Å²) >= 11 is 0. The van der Waals surface area contributed by atoms with Crippen LogP contribution in [0.2, 0.25) is 0 Å². The Morgan fingerprint density at radius 3 is 2.55 bits per heavy atom. The minimum Gasteiger partial charge on any atom is -0.491 e. The van der Waals surface area contributed by atoms with E-state index in [1.54, 1.807) is 0 Å². The fourth-order valence-electron chi connectivity index (χ4n) is 2.00. The van der Waals surface area contributed by atoms with E-state index >= 15 is 0 Å². The summed E-state index contributed by atoms with van der Waals surface area (Å²) in [5.74, 6) is 0.799. The molecule has 0 saturated heterocycles. The summed E-state index contributed by atoms with van der Waals surface area (Å²) in [5.41, 5.74) is 0. The number of nitrogens with one attached hydrogen (secondary N) is 1. The lowest BCUT2D eigenvalue weighted by Crippen LogP contribution is -2.33. The van der Waals surface area contributed by atoms with Crippen LogP contribution in [0.4, 0.5) is 0 Å². The Hall–Kier alpha value is -1.10. The second-order valence-corrected chi connectivity index (χ2v) is 4.86. The molecule has 2 N–H and O–H groups in total. The molecule has 1 aromatic carbocycles. The molecule has 0 aliphatic rings. The zero-order chi connectivity index (χ0) is 14.6. The highest BCUT2D eigenvalue weighted by molar-refractivity contribution is 5.20. The molecular formula is C16H28N2O2. The molecule has 1 unspecified atom stereocenters. The summed E-state index contributed by atoms with van der Waals surface area (Å²) in [6.07, 6.45) is 0.636. The van der Waals surface area contributed by atoms with E-state index in [0.717, 1.165) is 38.3 Å². The molecule has 4 nitrogen and oxygen atoms in total. The van der Waals surface area contributed by atoms with Gasteiger partial charge in [-0.2, -0.15) is 0 Å². The minimum atomic E-state index is -0.469. The van der Waals surface area contributed by atoms with Crippen LogP contribution < -0.4 is 10.1 Å². The molecule has 4 heteroatoms. The highest BCUT2D eigenvalue weighted by Crippen LogP contribution is 2.08. The van der Waals surface area contributed by atoms with Crippen LogP contribution in [-0.4, -0.2) is 55.4 Å². The molecule has 1 atom stereocenters. The SMILES string of the molecule is CCN(CC)CCCNCC(O)COc1ccccc1. The van der Waals surface area contributed by atoms with E-state index < -0.39 is 6.10 Å². The molecule has 114 valence electrons. The van der Waals surface area contributed by atoms with Crippen molar-refractivity contribution in [1.29, 1.82) is 0 Å². The van der Waals surface area contributed by atoms with Gasteiger partial charge in [0.1, 0.15) is 18.5 Å². The van der Waals surface area contributed by atoms with Gasteiger partial charge in [-0.3, -0.25) is 0 Å². The minimum absolute atomic E-state index is 0.326. The van der Waals surface area contributed by atoms with Gasteiger partial charge in [0.2, 0.25) is 0 Å². The molecule has 0 spiro atoms. The number of aliphatic hydroxyl groups is 1. The molecule has 1 aromatic rings. The standard InChI is InChI=1S/C16H28N2O2/c1-3-18(4-2)12-8-11-17-13-15(19)14-20-16-9-6-5-7-10-16/h5-7,9-10,15,17,19H,3-4,8,11-14H2,1-2H3. The lowest BCUT2D eigenvalue weighted by molar-refractivity contribution is 0.106. The average molecular weight is 280 g/mol. The van der Waals surface area contributed by atoms with Gasteiger partial charge in [-0.25, -0.2) is 0 Å². The van der Waals surface area contributed by atoms with E-state index in [1.807, 2.05) is 30.3 Å². The molecule has 0 heterocycles. The Morgan fingerprint density at radius 2 is 1.90 bits per heavy atom. The van der Waals surface area contributed by atoms with Crippen molar-refractivity contribution in [2.24, 2.45) is 0 Å². The van der Waals surface area contributed by atoms with Crippen molar-refractivity contribution in [1.82, 2.24) is 10.2 Å². The predicted octanol–water partition coefficient (Wildman–Crippen LogP) is 1.75.